The number of benzene rings is 2. The van der Waals surface area contributed by atoms with Gasteiger partial charge in [0.2, 0.25) is 0 Å². The van der Waals surface area contributed by atoms with E-state index in [2.05, 4.69) is 6.92 Å². The molecule has 0 aliphatic carbocycles. The van der Waals surface area contributed by atoms with Crippen molar-refractivity contribution < 1.29 is 28.2 Å². The van der Waals surface area contributed by atoms with Gasteiger partial charge in [0.05, 0.1) is 12.2 Å². The molecule has 2 aromatic carbocycles. The Morgan fingerprint density at radius 1 is 0.857 bits per heavy atom. The van der Waals surface area contributed by atoms with Gasteiger partial charge in [-0.2, -0.15) is 0 Å². The first-order valence-corrected chi connectivity index (χ1v) is 12.9. The van der Waals surface area contributed by atoms with E-state index in [0.29, 0.717) is 18.1 Å². The van der Waals surface area contributed by atoms with E-state index in [1.165, 1.54) is 50.7 Å². The zero-order chi connectivity index (χ0) is 25.6. The maximum atomic E-state index is 14.3. The number of carbonyl (C=O) groups excluding carboxylic acids is 2. The lowest BCUT2D eigenvalue weighted by Gasteiger charge is -2.13. The van der Waals surface area contributed by atoms with E-state index < -0.39 is 23.1 Å². The summed E-state index contributed by atoms with van der Waals surface area (Å²) >= 11 is 5.94. The van der Waals surface area contributed by atoms with Crippen molar-refractivity contribution in [3.8, 4) is 17.2 Å². The Morgan fingerprint density at radius 3 is 2.06 bits per heavy atom. The second-order valence-electron chi connectivity index (χ2n) is 8.90. The van der Waals surface area contributed by atoms with E-state index in [0.717, 1.165) is 18.9 Å². The number of esters is 2. The van der Waals surface area contributed by atoms with Gasteiger partial charge in [-0.1, -0.05) is 65.7 Å². The average Bonchev–Trinajstić information content (AvgIpc) is 2.84. The van der Waals surface area contributed by atoms with Gasteiger partial charge < -0.3 is 14.2 Å². The van der Waals surface area contributed by atoms with Gasteiger partial charge in [0.1, 0.15) is 16.9 Å². The molecule has 2 aromatic rings. The lowest BCUT2D eigenvalue weighted by molar-refractivity contribution is -0.134. The summed E-state index contributed by atoms with van der Waals surface area (Å²) in [5.74, 6) is -1.78. The molecule has 0 N–H and O–H groups in total. The molecule has 0 saturated carbocycles. The highest BCUT2D eigenvalue weighted by Crippen LogP contribution is 2.23. The molecule has 0 bridgehead atoms. The highest BCUT2D eigenvalue weighted by atomic mass is 35.5. The molecule has 7 heteroatoms. The molecule has 0 aliphatic heterocycles. The van der Waals surface area contributed by atoms with Gasteiger partial charge in [-0.25, -0.2) is 9.18 Å². The number of unbranched alkanes of at least 4 members (excludes halogenated alkanes) is 7. The first-order chi connectivity index (χ1) is 16.8. The highest BCUT2D eigenvalue weighted by molar-refractivity contribution is 6.30. The molecule has 0 heterocycles. The minimum atomic E-state index is -0.897. The van der Waals surface area contributed by atoms with Gasteiger partial charge in [0, 0.05) is 0 Å². The summed E-state index contributed by atoms with van der Waals surface area (Å²) in [5, 5.41) is -0.897. The van der Waals surface area contributed by atoms with E-state index in [-0.39, 0.29) is 17.2 Å². The van der Waals surface area contributed by atoms with E-state index in [4.69, 9.17) is 25.8 Å². The van der Waals surface area contributed by atoms with Crippen LogP contribution >= 0.6 is 11.6 Å². The van der Waals surface area contributed by atoms with Gasteiger partial charge in [0.15, 0.2) is 11.6 Å². The van der Waals surface area contributed by atoms with Crippen LogP contribution in [0.2, 0.25) is 0 Å². The summed E-state index contributed by atoms with van der Waals surface area (Å²) in [6.07, 6.45) is 9.90. The molecule has 0 amide bonds. The smallest absolute Gasteiger partial charge is 0.343 e. The van der Waals surface area contributed by atoms with Crippen molar-refractivity contribution in [3.63, 3.8) is 0 Å². The van der Waals surface area contributed by atoms with Gasteiger partial charge in [-0.3, -0.25) is 4.79 Å². The van der Waals surface area contributed by atoms with Crippen molar-refractivity contribution in [2.24, 2.45) is 5.92 Å². The van der Waals surface area contributed by atoms with Gasteiger partial charge in [0.25, 0.3) is 0 Å². The number of carbonyl (C=O) groups is 2. The zero-order valence-corrected chi connectivity index (χ0v) is 21.6. The Labute approximate surface area is 212 Å². The highest BCUT2D eigenvalue weighted by Gasteiger charge is 2.23. The van der Waals surface area contributed by atoms with Crippen LogP contribution in [0.1, 0.15) is 82.5 Å². The normalized spacial score (nSPS) is 11.8. The van der Waals surface area contributed by atoms with Crippen molar-refractivity contribution in [2.75, 3.05) is 6.61 Å². The number of alkyl halides is 1. The predicted octanol–water partition coefficient (Wildman–Crippen LogP) is 7.73. The molecule has 2 rings (SSSR count). The van der Waals surface area contributed by atoms with Crippen LogP contribution in [0.5, 0.6) is 17.2 Å². The second kappa shape index (κ2) is 15.4. The summed E-state index contributed by atoms with van der Waals surface area (Å²) in [4.78, 5) is 24.3. The topological polar surface area (TPSA) is 61.8 Å². The van der Waals surface area contributed by atoms with Crippen LogP contribution < -0.4 is 14.2 Å². The van der Waals surface area contributed by atoms with E-state index >= 15 is 0 Å². The fourth-order valence-corrected chi connectivity index (χ4v) is 3.39. The van der Waals surface area contributed by atoms with E-state index in [1.54, 1.807) is 38.1 Å². The molecule has 35 heavy (non-hydrogen) atoms. The van der Waals surface area contributed by atoms with Crippen LogP contribution in [-0.2, 0) is 4.79 Å². The van der Waals surface area contributed by atoms with Crippen molar-refractivity contribution in [1.82, 2.24) is 0 Å². The summed E-state index contributed by atoms with van der Waals surface area (Å²) in [7, 11) is 0. The Bertz CT molecular complexity index is 929. The van der Waals surface area contributed by atoms with Crippen LogP contribution in [0.25, 0.3) is 0 Å². The molecule has 192 valence electrons. The first kappa shape index (κ1) is 28.6. The van der Waals surface area contributed by atoms with Crippen LogP contribution in [-0.4, -0.2) is 23.9 Å². The van der Waals surface area contributed by atoms with Crippen LogP contribution in [0.15, 0.2) is 42.5 Å². The predicted molar refractivity (Wildman–Crippen MR) is 136 cm³/mol. The number of hydrogen-bond donors (Lipinski definition) is 0. The van der Waals surface area contributed by atoms with Crippen LogP contribution in [0.4, 0.5) is 4.39 Å². The standard InChI is InChI=1S/C28H36ClFO5/c1-4-5-6-7-8-9-10-11-18-33-22-13-15-23(16-14-22)34-27(31)21-12-17-25(24(30)19-21)35-28(32)26(29)20(2)3/h12-17,19-20,26H,4-11,18H2,1-3H3. The largest absolute Gasteiger partial charge is 0.494 e. The molecule has 0 aromatic heterocycles. The molecule has 0 radical (unpaired) electrons. The van der Waals surface area contributed by atoms with Crippen LogP contribution in [0, 0.1) is 11.7 Å². The Balaban J connectivity index is 1.77. The molecule has 5 nitrogen and oxygen atoms in total. The zero-order valence-electron chi connectivity index (χ0n) is 20.9. The molecule has 0 aliphatic rings. The lowest BCUT2D eigenvalue weighted by atomic mass is 10.1. The Hall–Kier alpha value is -2.60. The lowest BCUT2D eigenvalue weighted by Crippen LogP contribution is -2.25. The molecule has 0 fully saturated rings. The molecule has 1 unspecified atom stereocenters. The fourth-order valence-electron chi connectivity index (χ4n) is 3.34. The molecule has 0 spiro atoms. The number of rotatable bonds is 15. The third-order valence-corrected chi connectivity index (χ3v) is 6.17. The van der Waals surface area contributed by atoms with Crippen molar-refractivity contribution in [1.29, 1.82) is 0 Å². The van der Waals surface area contributed by atoms with Gasteiger partial charge >= 0.3 is 11.9 Å². The van der Waals surface area contributed by atoms with Gasteiger partial charge in [-0.05, 0) is 54.8 Å². The Morgan fingerprint density at radius 2 is 1.46 bits per heavy atom. The molecular formula is C28H36ClFO5. The minimum absolute atomic E-state index is 0.0106. The SMILES string of the molecule is CCCCCCCCCCOc1ccc(OC(=O)c2ccc(OC(=O)C(Cl)C(C)C)c(F)c2)cc1. The summed E-state index contributed by atoms with van der Waals surface area (Å²) in [6.45, 7) is 6.38. The summed E-state index contributed by atoms with van der Waals surface area (Å²) in [6, 6.07) is 10.2. The van der Waals surface area contributed by atoms with Crippen molar-refractivity contribution >= 4 is 23.5 Å². The minimum Gasteiger partial charge on any atom is -0.494 e. The monoisotopic (exact) mass is 506 g/mol. The van der Waals surface area contributed by atoms with Crippen molar-refractivity contribution in [2.45, 2.75) is 77.5 Å². The maximum Gasteiger partial charge on any atom is 0.343 e. The second-order valence-corrected chi connectivity index (χ2v) is 9.37. The van der Waals surface area contributed by atoms with E-state index in [9.17, 15) is 14.0 Å². The summed E-state index contributed by atoms with van der Waals surface area (Å²) in [5.41, 5.74) is -0.0106. The number of halogens is 2. The number of hydrogen-bond acceptors (Lipinski definition) is 5. The third-order valence-electron chi connectivity index (χ3n) is 5.49. The maximum absolute atomic E-state index is 14.3. The first-order valence-electron chi connectivity index (χ1n) is 12.4. The average molecular weight is 507 g/mol. The third kappa shape index (κ3) is 10.3. The van der Waals surface area contributed by atoms with E-state index in [1.807, 2.05) is 0 Å². The van der Waals surface area contributed by atoms with Crippen molar-refractivity contribution in [3.05, 3.63) is 53.8 Å². The molecule has 0 saturated heterocycles. The summed E-state index contributed by atoms with van der Waals surface area (Å²) < 4.78 is 30.4. The Kier molecular flexibility index (Phi) is 12.6. The molecule has 1 atom stereocenters. The fraction of sp³-hybridized carbons (Fsp3) is 0.500. The van der Waals surface area contributed by atoms with Crippen LogP contribution in [0.3, 0.4) is 0 Å². The quantitative estimate of drug-likeness (QED) is 0.107. The van der Waals surface area contributed by atoms with Gasteiger partial charge in [-0.15, -0.1) is 11.6 Å². The number of ether oxygens (including phenoxy) is 3. The molecular weight excluding hydrogens is 471 g/mol.